The van der Waals surface area contributed by atoms with Gasteiger partial charge in [0.05, 0.1) is 0 Å². The number of thiophene rings is 1. The Kier molecular flexibility index (Phi) is 5.88. The number of carbonyl (C=O) groups excluding carboxylic acids is 2. The maximum atomic E-state index is 13.9. The summed E-state index contributed by atoms with van der Waals surface area (Å²) in [5, 5.41) is 0.592. The molecule has 4 aromatic rings. The quantitative estimate of drug-likeness (QED) is 0.142. The molecule has 0 radical (unpaired) electrons. The number of halogens is 1. The second-order valence-corrected chi connectivity index (χ2v) is 8.27. The van der Waals surface area contributed by atoms with Crippen molar-refractivity contribution < 1.29 is 23.5 Å². The van der Waals surface area contributed by atoms with Crippen molar-refractivity contribution in [1.82, 2.24) is 0 Å². The summed E-state index contributed by atoms with van der Waals surface area (Å²) in [6.07, 6.45) is 1.05. The number of para-hydroxylation sites is 2. The molecule has 6 heteroatoms. The van der Waals surface area contributed by atoms with Crippen LogP contribution in [0.2, 0.25) is 0 Å². The van der Waals surface area contributed by atoms with E-state index in [1.54, 1.807) is 36.4 Å². The minimum Gasteiger partial charge on any atom is -0.451 e. The van der Waals surface area contributed by atoms with Gasteiger partial charge in [-0.2, -0.15) is 0 Å². The monoisotopic (exact) mass is 446 g/mol. The molecule has 0 aliphatic rings. The minimum atomic E-state index is -0.634. The maximum Gasteiger partial charge on any atom is 0.335 e. The van der Waals surface area contributed by atoms with E-state index in [0.29, 0.717) is 20.5 Å². The van der Waals surface area contributed by atoms with E-state index in [1.807, 2.05) is 26.0 Å². The third-order valence-electron chi connectivity index (χ3n) is 4.88. The number of carbonyl (C=O) groups is 2. The second-order valence-electron chi connectivity index (χ2n) is 7.22. The Bertz CT molecular complexity index is 1370. The van der Waals surface area contributed by atoms with Crippen LogP contribution in [0.4, 0.5) is 4.39 Å². The molecule has 0 saturated carbocycles. The van der Waals surface area contributed by atoms with E-state index in [4.69, 9.17) is 9.47 Å². The van der Waals surface area contributed by atoms with Crippen molar-refractivity contribution >= 4 is 33.2 Å². The lowest BCUT2D eigenvalue weighted by Gasteiger charge is -2.12. The van der Waals surface area contributed by atoms with Crippen molar-refractivity contribution in [3.05, 3.63) is 101 Å². The van der Waals surface area contributed by atoms with Crippen LogP contribution in [-0.2, 0) is 4.79 Å². The highest BCUT2D eigenvalue weighted by Crippen LogP contribution is 2.43. The molecule has 0 aliphatic carbocycles. The summed E-state index contributed by atoms with van der Waals surface area (Å²) in [5.41, 5.74) is 2.43. The predicted octanol–water partition coefficient (Wildman–Crippen LogP) is 6.77. The first kappa shape index (κ1) is 21.5. The summed E-state index contributed by atoms with van der Waals surface area (Å²) in [4.78, 5) is 25.5. The van der Waals surface area contributed by atoms with Crippen LogP contribution in [0, 0.1) is 19.7 Å². The topological polar surface area (TPSA) is 52.6 Å². The van der Waals surface area contributed by atoms with Crippen LogP contribution in [-0.4, -0.2) is 11.8 Å². The molecule has 0 atom stereocenters. The van der Waals surface area contributed by atoms with Crippen molar-refractivity contribution in [3.63, 3.8) is 0 Å². The zero-order valence-electron chi connectivity index (χ0n) is 17.5. The summed E-state index contributed by atoms with van der Waals surface area (Å²) in [6, 6.07) is 16.5. The maximum absolute atomic E-state index is 13.9. The second kappa shape index (κ2) is 8.77. The predicted molar refractivity (Wildman–Crippen MR) is 123 cm³/mol. The van der Waals surface area contributed by atoms with Crippen LogP contribution in [0.3, 0.4) is 0 Å². The number of benzene rings is 3. The molecule has 1 aromatic heterocycles. The molecular weight excluding hydrogens is 427 g/mol. The fourth-order valence-electron chi connectivity index (χ4n) is 3.37. The number of ether oxygens (including phenoxy) is 2. The molecule has 0 fully saturated rings. The zero-order chi connectivity index (χ0) is 22.8. The Labute approximate surface area is 188 Å². The lowest BCUT2D eigenvalue weighted by atomic mass is 10.0. The Hall–Kier alpha value is -3.77. The van der Waals surface area contributed by atoms with Gasteiger partial charge in [-0.15, -0.1) is 11.3 Å². The minimum absolute atomic E-state index is 0.184. The van der Waals surface area contributed by atoms with Gasteiger partial charge in [0.2, 0.25) is 5.78 Å². The molecule has 0 bridgehead atoms. The highest BCUT2D eigenvalue weighted by atomic mass is 32.1. The van der Waals surface area contributed by atoms with Gasteiger partial charge in [0.25, 0.3) is 0 Å². The Morgan fingerprint density at radius 2 is 1.75 bits per heavy atom. The molecule has 0 aliphatic heterocycles. The molecule has 0 spiro atoms. The van der Waals surface area contributed by atoms with Crippen LogP contribution in [0.25, 0.3) is 10.1 Å². The average molecular weight is 446 g/mol. The van der Waals surface area contributed by atoms with Crippen LogP contribution in [0.15, 0.2) is 73.3 Å². The van der Waals surface area contributed by atoms with Crippen LogP contribution < -0.4 is 9.47 Å². The molecule has 4 rings (SSSR count). The molecule has 160 valence electrons. The van der Waals surface area contributed by atoms with Crippen LogP contribution in [0.5, 0.6) is 17.2 Å². The largest absolute Gasteiger partial charge is 0.451 e. The number of fused-ring (bicyclic) bond motifs is 1. The van der Waals surface area contributed by atoms with Gasteiger partial charge in [0, 0.05) is 21.7 Å². The number of hydrogen-bond donors (Lipinski definition) is 0. The molecule has 1 heterocycles. The van der Waals surface area contributed by atoms with Crippen molar-refractivity contribution in [1.29, 1.82) is 0 Å². The summed E-state index contributed by atoms with van der Waals surface area (Å²) in [5.74, 6) is -0.539. The number of aryl methyl sites for hydroxylation is 2. The standard InChI is InChI=1S/C26H19FO4S/c1-4-23(28)30-20-7-5-6-8-21(20)31-25-19-12-10-17(27)14-22(19)32-26(25)24(29)18-11-9-15(2)13-16(18)3/h4-14H,1H2,2-3H3. The molecule has 32 heavy (non-hydrogen) atoms. The van der Waals surface area contributed by atoms with Gasteiger partial charge >= 0.3 is 5.97 Å². The molecule has 4 nitrogen and oxygen atoms in total. The number of ketones is 1. The van der Waals surface area contributed by atoms with Gasteiger partial charge in [-0.25, -0.2) is 9.18 Å². The Morgan fingerprint density at radius 3 is 2.47 bits per heavy atom. The van der Waals surface area contributed by atoms with Crippen molar-refractivity contribution in [2.45, 2.75) is 13.8 Å². The average Bonchev–Trinajstić information content (AvgIpc) is 3.12. The summed E-state index contributed by atoms with van der Waals surface area (Å²) < 4.78 is 25.9. The summed E-state index contributed by atoms with van der Waals surface area (Å²) >= 11 is 1.16. The number of rotatable bonds is 6. The Balaban J connectivity index is 1.85. The van der Waals surface area contributed by atoms with Gasteiger partial charge in [-0.3, -0.25) is 4.79 Å². The molecule has 0 N–H and O–H groups in total. The van der Waals surface area contributed by atoms with Gasteiger partial charge in [0.15, 0.2) is 17.2 Å². The number of hydrogen-bond acceptors (Lipinski definition) is 5. The summed E-state index contributed by atoms with van der Waals surface area (Å²) in [7, 11) is 0. The van der Waals surface area contributed by atoms with Gasteiger partial charge < -0.3 is 9.47 Å². The van der Waals surface area contributed by atoms with Gasteiger partial charge in [0.1, 0.15) is 10.7 Å². The van der Waals surface area contributed by atoms with E-state index in [-0.39, 0.29) is 23.0 Å². The number of esters is 1. The molecule has 0 unspecified atom stereocenters. The van der Waals surface area contributed by atoms with Gasteiger partial charge in [-0.05, 0) is 49.7 Å². The van der Waals surface area contributed by atoms with Gasteiger partial charge in [-0.1, -0.05) is 42.5 Å². The lowest BCUT2D eigenvalue weighted by molar-refractivity contribution is -0.129. The third-order valence-corrected chi connectivity index (χ3v) is 6.01. The normalized spacial score (nSPS) is 10.7. The first-order valence-electron chi connectivity index (χ1n) is 9.82. The lowest BCUT2D eigenvalue weighted by Crippen LogP contribution is -2.05. The van der Waals surface area contributed by atoms with Crippen molar-refractivity contribution in [2.24, 2.45) is 0 Å². The molecule has 0 saturated heterocycles. The molecule has 3 aromatic carbocycles. The fourth-order valence-corrected chi connectivity index (χ4v) is 4.48. The molecule has 0 amide bonds. The first-order valence-corrected chi connectivity index (χ1v) is 10.6. The van der Waals surface area contributed by atoms with Crippen LogP contribution in [0.1, 0.15) is 26.4 Å². The smallest absolute Gasteiger partial charge is 0.335 e. The van der Waals surface area contributed by atoms with E-state index >= 15 is 0 Å². The van der Waals surface area contributed by atoms with Crippen molar-refractivity contribution in [2.75, 3.05) is 0 Å². The Morgan fingerprint density at radius 1 is 1.00 bits per heavy atom. The zero-order valence-corrected chi connectivity index (χ0v) is 18.3. The summed E-state index contributed by atoms with van der Waals surface area (Å²) in [6.45, 7) is 7.23. The van der Waals surface area contributed by atoms with Crippen molar-refractivity contribution in [3.8, 4) is 17.2 Å². The van der Waals surface area contributed by atoms with E-state index < -0.39 is 11.8 Å². The first-order chi connectivity index (χ1) is 15.4. The SMILES string of the molecule is C=CC(=O)Oc1ccccc1Oc1c(C(=O)c2ccc(C)cc2C)sc2cc(F)ccc12. The van der Waals surface area contributed by atoms with E-state index in [1.165, 1.54) is 12.1 Å². The van der Waals surface area contributed by atoms with E-state index in [0.717, 1.165) is 28.5 Å². The third kappa shape index (κ3) is 4.18. The van der Waals surface area contributed by atoms with E-state index in [2.05, 4.69) is 6.58 Å². The molecular formula is C26H19FO4S. The van der Waals surface area contributed by atoms with E-state index in [9.17, 15) is 14.0 Å². The highest BCUT2D eigenvalue weighted by Gasteiger charge is 2.24. The highest BCUT2D eigenvalue weighted by molar-refractivity contribution is 7.21. The fraction of sp³-hybridized carbons (Fsp3) is 0.0769. The van der Waals surface area contributed by atoms with Crippen LogP contribution >= 0.6 is 11.3 Å².